The van der Waals surface area contributed by atoms with Crippen LogP contribution in [0.1, 0.15) is 11.1 Å². The number of hydrogen-bond acceptors (Lipinski definition) is 3. The average Bonchev–Trinajstić information content (AvgIpc) is 3.07. The Morgan fingerprint density at radius 3 is 2.37 bits per heavy atom. The maximum Gasteiger partial charge on any atom is 0.416 e. The Bertz CT molecular complexity index is 997. The molecular formula is C20H16F3N3S. The number of alkyl halides is 3. The minimum absolute atomic E-state index is 0.449. The molecule has 0 aliphatic rings. The van der Waals surface area contributed by atoms with Gasteiger partial charge in [-0.05, 0) is 17.7 Å². The molecule has 0 radical (unpaired) electrons. The second-order valence-electron chi connectivity index (χ2n) is 5.58. The van der Waals surface area contributed by atoms with E-state index in [0.29, 0.717) is 16.9 Å². The summed E-state index contributed by atoms with van der Waals surface area (Å²) in [6.07, 6.45) is -1.15. The Morgan fingerprint density at radius 1 is 1.04 bits per heavy atom. The van der Waals surface area contributed by atoms with E-state index in [1.807, 2.05) is 35.7 Å². The lowest BCUT2D eigenvalue weighted by Crippen LogP contribution is -2.12. The predicted octanol–water partition coefficient (Wildman–Crippen LogP) is 5.20. The maximum absolute atomic E-state index is 12.7. The van der Waals surface area contributed by atoms with Crippen molar-refractivity contribution in [2.75, 3.05) is 6.54 Å². The Labute approximate surface area is 158 Å². The molecule has 0 saturated heterocycles. The van der Waals surface area contributed by atoms with Crippen LogP contribution in [0.5, 0.6) is 0 Å². The molecule has 27 heavy (non-hydrogen) atoms. The van der Waals surface area contributed by atoms with Crippen LogP contribution >= 0.6 is 11.3 Å². The van der Waals surface area contributed by atoms with Gasteiger partial charge in [0.2, 0.25) is 4.80 Å². The molecule has 3 rings (SSSR count). The SMILES string of the molecule is C=CCN=c1scc(-c2ccccc2)n1/N=C/c1ccc(C(F)(F)F)cc1. The first kappa shape index (κ1) is 18.8. The van der Waals surface area contributed by atoms with Crippen LogP contribution in [-0.4, -0.2) is 17.4 Å². The third-order valence-corrected chi connectivity index (χ3v) is 4.52. The molecule has 7 heteroatoms. The molecule has 138 valence electrons. The van der Waals surface area contributed by atoms with Crippen LogP contribution in [0.25, 0.3) is 11.3 Å². The lowest BCUT2D eigenvalue weighted by atomic mass is 10.1. The summed E-state index contributed by atoms with van der Waals surface area (Å²) in [6.45, 7) is 4.11. The zero-order chi connectivity index (χ0) is 19.3. The number of nitrogens with zero attached hydrogens (tertiary/aromatic N) is 3. The normalized spacial score (nSPS) is 12.6. The van der Waals surface area contributed by atoms with E-state index in [0.717, 1.165) is 23.4 Å². The molecule has 0 unspecified atom stereocenters. The first-order valence-electron chi connectivity index (χ1n) is 8.08. The lowest BCUT2D eigenvalue weighted by molar-refractivity contribution is -0.137. The number of rotatable bonds is 5. The van der Waals surface area contributed by atoms with Gasteiger partial charge in [0.05, 0.1) is 24.0 Å². The van der Waals surface area contributed by atoms with E-state index in [9.17, 15) is 13.2 Å². The molecule has 0 fully saturated rings. The number of halogens is 3. The first-order valence-corrected chi connectivity index (χ1v) is 8.96. The fourth-order valence-corrected chi connectivity index (χ4v) is 3.20. The standard InChI is InChI=1S/C20H16F3N3S/c1-2-12-24-19-26(18(14-27-19)16-6-4-3-5-7-16)25-13-15-8-10-17(11-9-15)20(21,22)23/h2-11,13-14H,1,12H2/b24-19?,25-13+. The van der Waals surface area contributed by atoms with Gasteiger partial charge in [-0.15, -0.1) is 17.9 Å². The van der Waals surface area contributed by atoms with Crippen LogP contribution in [-0.2, 0) is 6.18 Å². The van der Waals surface area contributed by atoms with Crippen LogP contribution < -0.4 is 4.80 Å². The van der Waals surface area contributed by atoms with Gasteiger partial charge in [0.1, 0.15) is 0 Å². The van der Waals surface area contributed by atoms with Gasteiger partial charge < -0.3 is 0 Å². The van der Waals surface area contributed by atoms with Crippen molar-refractivity contribution >= 4 is 17.6 Å². The van der Waals surface area contributed by atoms with Crippen molar-refractivity contribution in [3.05, 3.63) is 88.6 Å². The Hall–Kier alpha value is -2.93. The quantitative estimate of drug-likeness (QED) is 0.425. The van der Waals surface area contributed by atoms with Crippen molar-refractivity contribution in [3.63, 3.8) is 0 Å². The molecule has 0 atom stereocenters. The smallest absolute Gasteiger partial charge is 0.253 e. The van der Waals surface area contributed by atoms with Gasteiger partial charge in [0, 0.05) is 10.9 Å². The van der Waals surface area contributed by atoms with Gasteiger partial charge in [0.15, 0.2) is 0 Å². The molecule has 0 amide bonds. The van der Waals surface area contributed by atoms with Gasteiger partial charge in [0.25, 0.3) is 0 Å². The van der Waals surface area contributed by atoms with E-state index >= 15 is 0 Å². The summed E-state index contributed by atoms with van der Waals surface area (Å²) >= 11 is 1.44. The topological polar surface area (TPSA) is 29.6 Å². The fourth-order valence-electron chi connectivity index (χ4n) is 2.35. The molecule has 2 aromatic carbocycles. The van der Waals surface area contributed by atoms with Crippen LogP contribution in [0.3, 0.4) is 0 Å². The zero-order valence-corrected chi connectivity index (χ0v) is 15.0. The summed E-state index contributed by atoms with van der Waals surface area (Å²) in [5.74, 6) is 0. The predicted molar refractivity (Wildman–Crippen MR) is 103 cm³/mol. The molecular weight excluding hydrogens is 371 g/mol. The van der Waals surface area contributed by atoms with E-state index < -0.39 is 11.7 Å². The molecule has 3 nitrogen and oxygen atoms in total. The molecule has 0 spiro atoms. The summed E-state index contributed by atoms with van der Waals surface area (Å²) in [5.41, 5.74) is 1.70. The van der Waals surface area contributed by atoms with Crippen molar-refractivity contribution in [3.8, 4) is 11.3 Å². The Kier molecular flexibility index (Phi) is 5.71. The second-order valence-corrected chi connectivity index (χ2v) is 6.41. The van der Waals surface area contributed by atoms with Gasteiger partial charge in [-0.25, -0.2) is 4.68 Å². The molecule has 1 aromatic heterocycles. The van der Waals surface area contributed by atoms with Crippen LogP contribution in [0.4, 0.5) is 13.2 Å². The Balaban J connectivity index is 1.98. The Morgan fingerprint density at radius 2 is 1.74 bits per heavy atom. The summed E-state index contributed by atoms with van der Waals surface area (Å²) < 4.78 is 39.7. The zero-order valence-electron chi connectivity index (χ0n) is 14.2. The fraction of sp³-hybridized carbons (Fsp3) is 0.100. The minimum Gasteiger partial charge on any atom is -0.253 e. The van der Waals surface area contributed by atoms with Crippen molar-refractivity contribution in [2.45, 2.75) is 6.18 Å². The third-order valence-electron chi connectivity index (χ3n) is 3.67. The molecule has 0 aliphatic carbocycles. The number of aromatic nitrogens is 1. The van der Waals surface area contributed by atoms with E-state index in [1.165, 1.54) is 29.7 Å². The highest BCUT2D eigenvalue weighted by molar-refractivity contribution is 7.07. The average molecular weight is 387 g/mol. The largest absolute Gasteiger partial charge is 0.416 e. The van der Waals surface area contributed by atoms with Gasteiger partial charge in [-0.1, -0.05) is 48.5 Å². The molecule has 0 bridgehead atoms. The van der Waals surface area contributed by atoms with Crippen LogP contribution in [0.2, 0.25) is 0 Å². The van der Waals surface area contributed by atoms with E-state index in [4.69, 9.17) is 0 Å². The first-order chi connectivity index (χ1) is 13.0. The van der Waals surface area contributed by atoms with Crippen molar-refractivity contribution < 1.29 is 13.2 Å². The maximum atomic E-state index is 12.7. The highest BCUT2D eigenvalue weighted by atomic mass is 32.1. The number of hydrogen-bond donors (Lipinski definition) is 0. The highest BCUT2D eigenvalue weighted by Gasteiger charge is 2.29. The summed E-state index contributed by atoms with van der Waals surface area (Å²) in [7, 11) is 0. The van der Waals surface area contributed by atoms with Crippen LogP contribution in [0, 0.1) is 0 Å². The third kappa shape index (κ3) is 4.62. The van der Waals surface area contributed by atoms with Crippen molar-refractivity contribution in [2.24, 2.45) is 10.1 Å². The van der Waals surface area contributed by atoms with Gasteiger partial charge >= 0.3 is 6.18 Å². The summed E-state index contributed by atoms with van der Waals surface area (Å²) in [6, 6.07) is 14.6. The molecule has 0 saturated carbocycles. The monoisotopic (exact) mass is 387 g/mol. The molecule has 3 aromatic rings. The van der Waals surface area contributed by atoms with Crippen molar-refractivity contribution in [1.82, 2.24) is 4.68 Å². The molecule has 1 heterocycles. The van der Waals surface area contributed by atoms with Crippen LogP contribution in [0.15, 0.2) is 82.7 Å². The van der Waals surface area contributed by atoms with Crippen molar-refractivity contribution in [1.29, 1.82) is 0 Å². The van der Waals surface area contributed by atoms with E-state index in [-0.39, 0.29) is 0 Å². The number of benzene rings is 2. The molecule has 0 N–H and O–H groups in total. The van der Waals surface area contributed by atoms with E-state index in [2.05, 4.69) is 16.7 Å². The van der Waals surface area contributed by atoms with E-state index in [1.54, 1.807) is 10.8 Å². The summed E-state index contributed by atoms with van der Waals surface area (Å²) in [5, 5.41) is 6.40. The molecule has 0 aliphatic heterocycles. The highest BCUT2D eigenvalue weighted by Crippen LogP contribution is 2.29. The lowest BCUT2D eigenvalue weighted by Gasteiger charge is -2.06. The second kappa shape index (κ2) is 8.18. The summed E-state index contributed by atoms with van der Waals surface area (Å²) in [4.78, 5) is 5.11. The van der Waals surface area contributed by atoms with Gasteiger partial charge in [-0.3, -0.25) is 4.99 Å². The van der Waals surface area contributed by atoms with Gasteiger partial charge in [-0.2, -0.15) is 18.3 Å². The minimum atomic E-state index is -4.35. The number of thiazole rings is 1.